The highest BCUT2D eigenvalue weighted by atomic mass is 19.2. The van der Waals surface area contributed by atoms with Crippen molar-refractivity contribution in [1.82, 2.24) is 5.12 Å². The molecule has 1 rings (SSSR count). The molecule has 0 saturated heterocycles. The van der Waals surface area contributed by atoms with Crippen LogP contribution in [0.25, 0.3) is 0 Å². The quantitative estimate of drug-likeness (QED) is 0.428. The molecule has 1 amide bonds. The van der Waals surface area contributed by atoms with E-state index in [1.165, 1.54) is 6.07 Å². The Morgan fingerprint density at radius 1 is 1.52 bits per heavy atom. The molecule has 0 unspecified atom stereocenters. The molecule has 1 aromatic rings. The zero-order chi connectivity index (χ0) is 17.8. The number of anilines is 1. The summed E-state index contributed by atoms with van der Waals surface area (Å²) in [6.45, 7) is 12.2. The van der Waals surface area contributed by atoms with Crippen molar-refractivity contribution in [1.29, 1.82) is 0 Å². The monoisotopic (exact) mass is 328 g/mol. The molecule has 0 bridgehead atoms. The van der Waals surface area contributed by atoms with Crippen LogP contribution >= 0.6 is 0 Å². The van der Waals surface area contributed by atoms with Crippen molar-refractivity contribution in [2.24, 2.45) is 0 Å². The van der Waals surface area contributed by atoms with Crippen LogP contribution in [-0.4, -0.2) is 24.7 Å². The molecule has 0 aliphatic rings. The summed E-state index contributed by atoms with van der Waals surface area (Å²) in [4.78, 5) is 21.8. The lowest BCUT2D eigenvalue weighted by atomic mass is 10.1. The lowest BCUT2D eigenvalue weighted by Crippen LogP contribution is -2.18. The lowest BCUT2D eigenvalue weighted by molar-refractivity contribution is -0.127. The van der Waals surface area contributed by atoms with Crippen LogP contribution in [0.3, 0.4) is 0 Å². The maximum Gasteiger partial charge on any atom is 0.337 e. The van der Waals surface area contributed by atoms with Crippen molar-refractivity contribution in [3.63, 3.8) is 0 Å². The zero-order valence-electron chi connectivity index (χ0n) is 14.1. The SMILES string of the molecule is C=C(Nc1oc(=O)cc(CCCOCC)c1C)N(F)C=O.CC. The van der Waals surface area contributed by atoms with E-state index in [-0.39, 0.29) is 23.2 Å². The van der Waals surface area contributed by atoms with Crippen LogP contribution in [0.5, 0.6) is 0 Å². The Bertz CT molecular complexity index is 558. The van der Waals surface area contributed by atoms with Crippen molar-refractivity contribution in [2.45, 2.75) is 40.5 Å². The highest BCUT2D eigenvalue weighted by Gasteiger charge is 2.12. The van der Waals surface area contributed by atoms with Crippen LogP contribution in [0.15, 0.2) is 27.7 Å². The van der Waals surface area contributed by atoms with Gasteiger partial charge in [-0.2, -0.15) is 0 Å². The topological polar surface area (TPSA) is 71.8 Å². The first-order chi connectivity index (χ1) is 11.0. The van der Waals surface area contributed by atoms with Crippen LogP contribution in [0.2, 0.25) is 0 Å². The number of hydrogen-bond acceptors (Lipinski definition) is 5. The summed E-state index contributed by atoms with van der Waals surface area (Å²) < 4.78 is 23.2. The summed E-state index contributed by atoms with van der Waals surface area (Å²) in [5.41, 5.74) is 0.878. The molecule has 0 spiro atoms. The van der Waals surface area contributed by atoms with E-state index in [0.29, 0.717) is 25.2 Å². The van der Waals surface area contributed by atoms with Crippen molar-refractivity contribution < 1.29 is 18.4 Å². The van der Waals surface area contributed by atoms with Crippen LogP contribution in [-0.2, 0) is 16.0 Å². The number of aryl methyl sites for hydroxylation is 1. The van der Waals surface area contributed by atoms with Gasteiger partial charge in [0, 0.05) is 24.8 Å². The van der Waals surface area contributed by atoms with E-state index >= 15 is 0 Å². The fourth-order valence-electron chi connectivity index (χ4n) is 1.74. The molecule has 0 aliphatic heterocycles. The first-order valence-corrected chi connectivity index (χ1v) is 7.57. The molecular formula is C16H25FN2O4. The van der Waals surface area contributed by atoms with Crippen LogP contribution < -0.4 is 10.9 Å². The van der Waals surface area contributed by atoms with E-state index in [1.54, 1.807) is 6.92 Å². The molecule has 6 nitrogen and oxygen atoms in total. The highest BCUT2D eigenvalue weighted by molar-refractivity contribution is 5.54. The summed E-state index contributed by atoms with van der Waals surface area (Å²) in [5.74, 6) is -0.258. The largest absolute Gasteiger partial charge is 0.406 e. The molecular weight excluding hydrogens is 303 g/mol. The van der Waals surface area contributed by atoms with Gasteiger partial charge in [-0.05, 0) is 32.3 Å². The number of rotatable bonds is 9. The molecule has 0 aliphatic carbocycles. The van der Waals surface area contributed by atoms with Gasteiger partial charge >= 0.3 is 5.63 Å². The Balaban J connectivity index is 0.00000232. The van der Waals surface area contributed by atoms with Gasteiger partial charge in [0.1, 0.15) is 5.82 Å². The molecule has 0 atom stereocenters. The minimum absolute atomic E-state index is 0.0469. The van der Waals surface area contributed by atoms with E-state index in [4.69, 9.17) is 9.15 Å². The third-order valence-corrected chi connectivity index (χ3v) is 2.86. The highest BCUT2D eigenvalue weighted by Crippen LogP contribution is 2.20. The first kappa shape index (κ1) is 20.9. The summed E-state index contributed by atoms with van der Waals surface area (Å²) in [7, 11) is 0. The molecule has 0 saturated carbocycles. The second kappa shape index (κ2) is 11.4. The van der Waals surface area contributed by atoms with Crippen LogP contribution in [0.4, 0.5) is 10.4 Å². The van der Waals surface area contributed by atoms with Crippen molar-refractivity contribution >= 4 is 12.3 Å². The van der Waals surface area contributed by atoms with Gasteiger partial charge in [-0.25, -0.2) is 4.79 Å². The Morgan fingerprint density at radius 3 is 2.74 bits per heavy atom. The molecule has 1 heterocycles. The van der Waals surface area contributed by atoms with E-state index in [9.17, 15) is 14.1 Å². The number of nitrogens with one attached hydrogen (secondary N) is 1. The molecule has 23 heavy (non-hydrogen) atoms. The second-order valence-electron chi connectivity index (χ2n) is 4.33. The average Bonchev–Trinajstić information content (AvgIpc) is 2.56. The predicted molar refractivity (Wildman–Crippen MR) is 87.7 cm³/mol. The fraction of sp³-hybridized carbons (Fsp3) is 0.500. The van der Waals surface area contributed by atoms with Crippen molar-refractivity contribution in [3.8, 4) is 0 Å². The minimum atomic E-state index is -0.557. The number of carbonyl (C=O) groups excluding carboxylic acids is 1. The average molecular weight is 328 g/mol. The third kappa shape index (κ3) is 7.10. The van der Waals surface area contributed by atoms with Gasteiger partial charge in [-0.15, -0.1) is 5.12 Å². The Kier molecular flexibility index (Phi) is 10.4. The predicted octanol–water partition coefficient (Wildman–Crippen LogP) is 3.17. The van der Waals surface area contributed by atoms with Gasteiger partial charge in [-0.3, -0.25) is 4.79 Å². The minimum Gasteiger partial charge on any atom is -0.406 e. The summed E-state index contributed by atoms with van der Waals surface area (Å²) in [5, 5.41) is 2.24. The zero-order valence-corrected chi connectivity index (χ0v) is 14.1. The number of nitrogens with zero attached hydrogens (tertiary/aromatic N) is 1. The fourth-order valence-corrected chi connectivity index (χ4v) is 1.74. The Hall–Kier alpha value is -2.15. The maximum absolute atomic E-state index is 13.0. The van der Waals surface area contributed by atoms with E-state index in [0.717, 1.165) is 12.0 Å². The van der Waals surface area contributed by atoms with Crippen LogP contribution in [0.1, 0.15) is 38.3 Å². The normalized spacial score (nSPS) is 9.61. The lowest BCUT2D eigenvalue weighted by Gasteiger charge is -2.14. The van der Waals surface area contributed by atoms with Crippen molar-refractivity contribution in [3.05, 3.63) is 40.0 Å². The molecule has 1 aromatic heterocycles. The molecule has 130 valence electrons. The number of carbonyl (C=O) groups is 1. The third-order valence-electron chi connectivity index (χ3n) is 2.86. The van der Waals surface area contributed by atoms with Crippen LogP contribution in [0, 0.1) is 6.92 Å². The van der Waals surface area contributed by atoms with Gasteiger partial charge in [0.2, 0.25) is 12.3 Å². The molecule has 0 radical (unpaired) electrons. The van der Waals surface area contributed by atoms with Gasteiger partial charge in [0.05, 0.1) is 0 Å². The molecule has 0 fully saturated rings. The Morgan fingerprint density at radius 2 is 2.17 bits per heavy atom. The van der Waals surface area contributed by atoms with Gasteiger partial charge in [0.15, 0.2) is 0 Å². The summed E-state index contributed by atoms with van der Waals surface area (Å²) in [6.07, 6.45) is 1.34. The van der Waals surface area contributed by atoms with E-state index < -0.39 is 5.63 Å². The standard InChI is InChI=1S/C14H19FN2O4.C2H6/c1-4-20-7-5-6-12-8-13(19)21-14(10(12)2)16-11(3)17(15)9-18;1-2/h8-9,16H,3-7H2,1-2H3;1-2H3. The first-order valence-electron chi connectivity index (χ1n) is 7.57. The second-order valence-corrected chi connectivity index (χ2v) is 4.33. The number of ether oxygens (including phenoxy) is 1. The van der Waals surface area contributed by atoms with Crippen molar-refractivity contribution in [2.75, 3.05) is 18.5 Å². The van der Waals surface area contributed by atoms with Gasteiger partial charge in [0.25, 0.3) is 0 Å². The van der Waals surface area contributed by atoms with E-state index in [1.807, 2.05) is 20.8 Å². The number of hydrogen-bond donors (Lipinski definition) is 1. The molecule has 1 N–H and O–H groups in total. The van der Waals surface area contributed by atoms with E-state index in [2.05, 4.69) is 11.9 Å². The maximum atomic E-state index is 13.0. The summed E-state index contributed by atoms with van der Waals surface area (Å²) >= 11 is 0. The smallest absolute Gasteiger partial charge is 0.337 e. The number of halogens is 1. The van der Waals surface area contributed by atoms with Gasteiger partial charge < -0.3 is 14.5 Å². The summed E-state index contributed by atoms with van der Waals surface area (Å²) in [6, 6.07) is 1.39. The Labute approximate surface area is 135 Å². The number of amides is 1. The molecule has 0 aromatic carbocycles. The van der Waals surface area contributed by atoms with Gasteiger partial charge in [-0.1, -0.05) is 24.9 Å². The molecule has 7 heteroatoms.